The Morgan fingerprint density at radius 1 is 1.50 bits per heavy atom. The third-order valence-electron chi connectivity index (χ3n) is 3.62. The van der Waals surface area contributed by atoms with Gasteiger partial charge in [-0.3, -0.25) is 0 Å². The monoisotopic (exact) mass is 220 g/mol. The first-order valence-electron chi connectivity index (χ1n) is 6.62. The lowest BCUT2D eigenvalue weighted by atomic mass is 9.93. The second kappa shape index (κ2) is 5.05. The summed E-state index contributed by atoms with van der Waals surface area (Å²) in [5, 5.41) is 0. The number of nitrogens with two attached hydrogens (primary N) is 1. The second-order valence-corrected chi connectivity index (χ2v) is 5.45. The molecule has 1 aliphatic carbocycles. The highest BCUT2D eigenvalue weighted by molar-refractivity contribution is 5.28. The number of aromatic nitrogens is 1. The van der Waals surface area contributed by atoms with Crippen LogP contribution < -0.4 is 5.73 Å². The molecule has 0 saturated heterocycles. The fourth-order valence-corrected chi connectivity index (χ4v) is 2.67. The number of fused-ring (bicyclic) bond motifs is 1. The molecule has 2 N–H and O–H groups in total. The minimum absolute atomic E-state index is 0.287. The van der Waals surface area contributed by atoms with Crippen molar-refractivity contribution in [2.45, 2.75) is 58.5 Å². The molecule has 1 aromatic heterocycles. The summed E-state index contributed by atoms with van der Waals surface area (Å²) in [7, 11) is 0. The maximum absolute atomic E-state index is 6.12. The molecule has 1 aliphatic rings. The van der Waals surface area contributed by atoms with Gasteiger partial charge in [0.25, 0.3) is 0 Å². The van der Waals surface area contributed by atoms with Crippen molar-refractivity contribution in [3.05, 3.63) is 23.5 Å². The molecule has 1 atom stereocenters. The van der Waals surface area contributed by atoms with E-state index in [2.05, 4.69) is 30.7 Å². The van der Waals surface area contributed by atoms with Crippen LogP contribution in [0.1, 0.15) is 56.8 Å². The highest BCUT2D eigenvalue weighted by atomic mass is 15.0. The van der Waals surface area contributed by atoms with Gasteiger partial charge < -0.3 is 10.3 Å². The quantitative estimate of drug-likeness (QED) is 0.829. The van der Waals surface area contributed by atoms with Crippen molar-refractivity contribution < 1.29 is 0 Å². The Bertz CT molecular complexity index is 339. The van der Waals surface area contributed by atoms with Crippen molar-refractivity contribution in [1.29, 1.82) is 0 Å². The third-order valence-corrected chi connectivity index (χ3v) is 3.62. The Morgan fingerprint density at radius 3 is 3.06 bits per heavy atom. The Balaban J connectivity index is 2.00. The molecule has 90 valence electrons. The van der Waals surface area contributed by atoms with Crippen molar-refractivity contribution in [2.75, 3.05) is 0 Å². The summed E-state index contributed by atoms with van der Waals surface area (Å²) in [6, 6.07) is 2.52. The van der Waals surface area contributed by atoms with Crippen LogP contribution in [-0.2, 0) is 13.0 Å². The van der Waals surface area contributed by atoms with Crippen LogP contribution in [0.25, 0.3) is 0 Å². The van der Waals surface area contributed by atoms with E-state index >= 15 is 0 Å². The topological polar surface area (TPSA) is 30.9 Å². The highest BCUT2D eigenvalue weighted by Crippen LogP contribution is 2.28. The zero-order chi connectivity index (χ0) is 11.5. The molecule has 2 heteroatoms. The van der Waals surface area contributed by atoms with E-state index in [4.69, 9.17) is 5.73 Å². The van der Waals surface area contributed by atoms with Crippen LogP contribution >= 0.6 is 0 Å². The lowest BCUT2D eigenvalue weighted by Crippen LogP contribution is -2.18. The third kappa shape index (κ3) is 2.49. The molecule has 1 heterocycles. The van der Waals surface area contributed by atoms with E-state index in [9.17, 15) is 0 Å². The zero-order valence-electron chi connectivity index (χ0n) is 10.6. The lowest BCUT2D eigenvalue weighted by Gasteiger charge is -2.21. The average Bonchev–Trinajstić information content (AvgIpc) is 2.63. The smallest absolute Gasteiger partial charge is 0.0312 e. The molecule has 2 nitrogen and oxygen atoms in total. The van der Waals surface area contributed by atoms with Crippen molar-refractivity contribution in [1.82, 2.24) is 4.57 Å². The van der Waals surface area contributed by atoms with Crippen LogP contribution in [0, 0.1) is 5.92 Å². The maximum atomic E-state index is 6.12. The lowest BCUT2D eigenvalue weighted by molar-refractivity contribution is 0.490. The van der Waals surface area contributed by atoms with Gasteiger partial charge in [-0.25, -0.2) is 0 Å². The standard InChI is InChI=1S/C14H24N2/c1-11(2)5-4-9-16-10-8-12-13(15)6-3-7-14(12)16/h8,10-11,13H,3-7,9,15H2,1-2H3. The van der Waals surface area contributed by atoms with Crippen molar-refractivity contribution in [2.24, 2.45) is 11.7 Å². The van der Waals surface area contributed by atoms with Crippen LogP contribution in [0.15, 0.2) is 12.3 Å². The van der Waals surface area contributed by atoms with Crippen LogP contribution in [0.2, 0.25) is 0 Å². The Labute approximate surface area is 98.8 Å². The SMILES string of the molecule is CC(C)CCCn1ccc2c1CCCC2N. The molecule has 1 unspecified atom stereocenters. The van der Waals surface area contributed by atoms with E-state index in [1.807, 2.05) is 0 Å². The minimum atomic E-state index is 0.287. The van der Waals surface area contributed by atoms with Gasteiger partial charge in [0.05, 0.1) is 0 Å². The highest BCUT2D eigenvalue weighted by Gasteiger charge is 2.19. The predicted octanol–water partition coefficient (Wildman–Crippen LogP) is 3.26. The predicted molar refractivity (Wildman–Crippen MR) is 68.4 cm³/mol. The van der Waals surface area contributed by atoms with E-state index in [1.165, 1.54) is 43.5 Å². The van der Waals surface area contributed by atoms with Crippen molar-refractivity contribution >= 4 is 0 Å². The Kier molecular flexibility index (Phi) is 3.70. The number of nitrogens with zero attached hydrogens (tertiary/aromatic N) is 1. The molecule has 0 amide bonds. The van der Waals surface area contributed by atoms with Gasteiger partial charge in [0.2, 0.25) is 0 Å². The number of hydrogen-bond acceptors (Lipinski definition) is 1. The number of rotatable bonds is 4. The Morgan fingerprint density at radius 2 is 2.31 bits per heavy atom. The van der Waals surface area contributed by atoms with Gasteiger partial charge in [-0.1, -0.05) is 13.8 Å². The summed E-state index contributed by atoms with van der Waals surface area (Å²) >= 11 is 0. The number of aryl methyl sites for hydroxylation is 1. The molecular formula is C14H24N2. The average molecular weight is 220 g/mol. The van der Waals surface area contributed by atoms with E-state index in [0.717, 1.165) is 12.3 Å². The van der Waals surface area contributed by atoms with E-state index in [0.29, 0.717) is 0 Å². The van der Waals surface area contributed by atoms with Gasteiger partial charge in [0.15, 0.2) is 0 Å². The molecule has 0 spiro atoms. The molecule has 0 radical (unpaired) electrons. The largest absolute Gasteiger partial charge is 0.351 e. The van der Waals surface area contributed by atoms with Crippen LogP contribution in [0.4, 0.5) is 0 Å². The summed E-state index contributed by atoms with van der Waals surface area (Å²) < 4.78 is 2.43. The van der Waals surface area contributed by atoms with E-state index in [1.54, 1.807) is 0 Å². The summed E-state index contributed by atoms with van der Waals surface area (Å²) in [5.74, 6) is 0.814. The summed E-state index contributed by atoms with van der Waals surface area (Å²) in [4.78, 5) is 0. The minimum Gasteiger partial charge on any atom is -0.351 e. The van der Waals surface area contributed by atoms with Gasteiger partial charge in [0.1, 0.15) is 0 Å². The first kappa shape index (κ1) is 11.7. The van der Waals surface area contributed by atoms with Crippen LogP contribution in [-0.4, -0.2) is 4.57 Å². The molecule has 0 fully saturated rings. The molecule has 2 rings (SSSR count). The normalized spacial score (nSPS) is 20.1. The first-order chi connectivity index (χ1) is 7.68. The summed E-state index contributed by atoms with van der Waals surface area (Å²) in [6.07, 6.45) is 8.46. The van der Waals surface area contributed by atoms with Gasteiger partial charge >= 0.3 is 0 Å². The van der Waals surface area contributed by atoms with E-state index < -0.39 is 0 Å². The second-order valence-electron chi connectivity index (χ2n) is 5.45. The van der Waals surface area contributed by atoms with Crippen molar-refractivity contribution in [3.8, 4) is 0 Å². The van der Waals surface area contributed by atoms with E-state index in [-0.39, 0.29) is 6.04 Å². The number of hydrogen-bond donors (Lipinski definition) is 1. The summed E-state index contributed by atoms with van der Waals surface area (Å²) in [5.41, 5.74) is 9.02. The fraction of sp³-hybridized carbons (Fsp3) is 0.714. The van der Waals surface area contributed by atoms with Crippen LogP contribution in [0.3, 0.4) is 0 Å². The molecule has 0 bridgehead atoms. The van der Waals surface area contributed by atoms with Crippen LogP contribution in [0.5, 0.6) is 0 Å². The zero-order valence-corrected chi connectivity index (χ0v) is 10.6. The molecule has 1 aromatic rings. The summed E-state index contributed by atoms with van der Waals surface area (Å²) in [6.45, 7) is 5.75. The van der Waals surface area contributed by atoms with Gasteiger partial charge in [-0.15, -0.1) is 0 Å². The first-order valence-corrected chi connectivity index (χ1v) is 6.62. The van der Waals surface area contributed by atoms with Crippen molar-refractivity contribution in [3.63, 3.8) is 0 Å². The van der Waals surface area contributed by atoms with Gasteiger partial charge in [-0.2, -0.15) is 0 Å². The molecule has 0 aliphatic heterocycles. The molecule has 0 aromatic carbocycles. The van der Waals surface area contributed by atoms with Gasteiger partial charge in [-0.05, 0) is 49.7 Å². The fourth-order valence-electron chi connectivity index (χ4n) is 2.67. The molecule has 16 heavy (non-hydrogen) atoms. The molecular weight excluding hydrogens is 196 g/mol. The van der Waals surface area contributed by atoms with Gasteiger partial charge in [0, 0.05) is 24.5 Å². The Hall–Kier alpha value is -0.760. The molecule has 0 saturated carbocycles. The maximum Gasteiger partial charge on any atom is 0.0312 e.